The van der Waals surface area contributed by atoms with E-state index in [9.17, 15) is 4.39 Å². The first-order chi connectivity index (χ1) is 14.5. The zero-order chi connectivity index (χ0) is 21.3. The van der Waals surface area contributed by atoms with E-state index in [1.807, 2.05) is 24.3 Å². The molecular formula is C25H28Cl2FNO2. The van der Waals surface area contributed by atoms with Gasteiger partial charge in [-0.05, 0) is 55.2 Å². The van der Waals surface area contributed by atoms with E-state index in [1.54, 1.807) is 13.2 Å². The number of rotatable bonds is 10. The van der Waals surface area contributed by atoms with Gasteiger partial charge < -0.3 is 14.8 Å². The Balaban J connectivity index is 0.00000341. The molecule has 0 saturated carbocycles. The lowest BCUT2D eigenvalue weighted by Gasteiger charge is -2.16. The average Bonchev–Trinajstić information content (AvgIpc) is 2.76. The number of benzene rings is 3. The molecule has 0 saturated heterocycles. The molecule has 0 aliphatic heterocycles. The quantitative estimate of drug-likeness (QED) is 0.367. The van der Waals surface area contributed by atoms with Crippen molar-refractivity contribution in [2.24, 2.45) is 0 Å². The summed E-state index contributed by atoms with van der Waals surface area (Å²) in [6.45, 7) is 3.18. The van der Waals surface area contributed by atoms with Gasteiger partial charge in [-0.2, -0.15) is 0 Å². The van der Waals surface area contributed by atoms with Gasteiger partial charge in [0.1, 0.15) is 12.4 Å². The molecule has 1 unspecified atom stereocenters. The van der Waals surface area contributed by atoms with Crippen molar-refractivity contribution >= 4 is 24.0 Å². The van der Waals surface area contributed by atoms with Gasteiger partial charge in [-0.25, -0.2) is 4.39 Å². The van der Waals surface area contributed by atoms with Crippen molar-refractivity contribution in [3.8, 4) is 11.5 Å². The molecule has 0 fully saturated rings. The molecule has 0 aliphatic carbocycles. The summed E-state index contributed by atoms with van der Waals surface area (Å²) in [6.07, 6.45) is 2.12. The van der Waals surface area contributed by atoms with E-state index in [4.69, 9.17) is 21.1 Å². The fourth-order valence-electron chi connectivity index (χ4n) is 3.16. The first-order valence-corrected chi connectivity index (χ1v) is 10.4. The molecule has 0 spiro atoms. The highest BCUT2D eigenvalue weighted by Crippen LogP contribution is 2.30. The minimum absolute atomic E-state index is 0. The number of halogens is 3. The predicted octanol–water partition coefficient (Wildman–Crippen LogP) is 6.60. The van der Waals surface area contributed by atoms with E-state index >= 15 is 0 Å². The second kappa shape index (κ2) is 12.6. The van der Waals surface area contributed by atoms with Gasteiger partial charge in [0.2, 0.25) is 0 Å². The van der Waals surface area contributed by atoms with E-state index in [0.717, 1.165) is 30.5 Å². The molecule has 166 valence electrons. The summed E-state index contributed by atoms with van der Waals surface area (Å²) in [5.74, 6) is 0.916. The minimum atomic E-state index is -0.365. The standard InChI is InChI=1S/C25H27ClFNO2.ClH/c1-18(8-9-19-6-4-3-5-7-19)28-16-20-10-13-24(25(14-20)29-2)30-17-21-11-12-22(27)15-23(21)26;/h3-7,10-15,18,28H,8-9,16-17H2,1-2H3;1H. The Kier molecular flexibility index (Phi) is 10.1. The molecule has 0 heterocycles. The van der Waals surface area contributed by atoms with Crippen LogP contribution in [-0.2, 0) is 19.6 Å². The molecule has 0 radical (unpaired) electrons. The van der Waals surface area contributed by atoms with Crippen LogP contribution in [0.3, 0.4) is 0 Å². The Hall–Kier alpha value is -2.27. The van der Waals surface area contributed by atoms with Crippen LogP contribution in [0.5, 0.6) is 11.5 Å². The normalized spacial score (nSPS) is 11.5. The molecule has 0 amide bonds. The van der Waals surface area contributed by atoms with E-state index in [1.165, 1.54) is 17.7 Å². The van der Waals surface area contributed by atoms with Gasteiger partial charge >= 0.3 is 0 Å². The Morgan fingerprint density at radius 2 is 1.74 bits per heavy atom. The van der Waals surface area contributed by atoms with Crippen LogP contribution in [0.25, 0.3) is 0 Å². The second-order valence-electron chi connectivity index (χ2n) is 7.32. The number of methoxy groups -OCH3 is 1. The van der Waals surface area contributed by atoms with Crippen LogP contribution in [0.15, 0.2) is 66.7 Å². The molecule has 3 aromatic carbocycles. The highest BCUT2D eigenvalue weighted by molar-refractivity contribution is 6.31. The third kappa shape index (κ3) is 7.73. The van der Waals surface area contributed by atoms with Crippen molar-refractivity contribution in [2.75, 3.05) is 7.11 Å². The number of hydrogen-bond donors (Lipinski definition) is 1. The molecule has 1 atom stereocenters. The van der Waals surface area contributed by atoms with Crippen molar-refractivity contribution in [3.05, 3.63) is 94.3 Å². The van der Waals surface area contributed by atoms with Crippen molar-refractivity contribution in [1.29, 1.82) is 0 Å². The van der Waals surface area contributed by atoms with E-state index in [-0.39, 0.29) is 24.8 Å². The fourth-order valence-corrected chi connectivity index (χ4v) is 3.38. The van der Waals surface area contributed by atoms with Crippen LogP contribution in [0.4, 0.5) is 4.39 Å². The first-order valence-electron chi connectivity index (χ1n) is 10.1. The maximum absolute atomic E-state index is 13.2. The largest absolute Gasteiger partial charge is 0.493 e. The third-order valence-corrected chi connectivity index (χ3v) is 5.34. The van der Waals surface area contributed by atoms with Crippen LogP contribution >= 0.6 is 24.0 Å². The van der Waals surface area contributed by atoms with Crippen molar-refractivity contribution in [2.45, 2.75) is 39.0 Å². The second-order valence-corrected chi connectivity index (χ2v) is 7.72. The summed E-state index contributed by atoms with van der Waals surface area (Å²) in [4.78, 5) is 0. The number of ether oxygens (including phenoxy) is 2. The van der Waals surface area contributed by atoms with Gasteiger partial charge in [-0.1, -0.05) is 54.1 Å². The maximum Gasteiger partial charge on any atom is 0.161 e. The van der Waals surface area contributed by atoms with Crippen molar-refractivity contribution in [3.63, 3.8) is 0 Å². The van der Waals surface area contributed by atoms with Crippen molar-refractivity contribution < 1.29 is 13.9 Å². The smallest absolute Gasteiger partial charge is 0.161 e. The van der Waals surface area contributed by atoms with Crippen molar-refractivity contribution in [1.82, 2.24) is 5.32 Å². The zero-order valence-electron chi connectivity index (χ0n) is 17.7. The van der Waals surface area contributed by atoms with Gasteiger partial charge in [0, 0.05) is 18.2 Å². The van der Waals surface area contributed by atoms with Crippen LogP contribution in [-0.4, -0.2) is 13.2 Å². The van der Waals surface area contributed by atoms with Crippen LogP contribution in [0.1, 0.15) is 30.0 Å². The molecule has 0 aromatic heterocycles. The fraction of sp³-hybridized carbons (Fsp3) is 0.280. The minimum Gasteiger partial charge on any atom is -0.493 e. The van der Waals surface area contributed by atoms with Crippen LogP contribution < -0.4 is 14.8 Å². The molecule has 0 aliphatic rings. The average molecular weight is 464 g/mol. The Bertz CT molecular complexity index is 954. The van der Waals surface area contributed by atoms with Gasteiger partial charge in [0.25, 0.3) is 0 Å². The number of hydrogen-bond acceptors (Lipinski definition) is 3. The van der Waals surface area contributed by atoms with E-state index in [2.05, 4.69) is 36.5 Å². The van der Waals surface area contributed by atoms with Gasteiger partial charge in [0.15, 0.2) is 11.5 Å². The monoisotopic (exact) mass is 463 g/mol. The van der Waals surface area contributed by atoms with E-state index < -0.39 is 0 Å². The van der Waals surface area contributed by atoms with Gasteiger partial charge in [0.05, 0.1) is 12.1 Å². The Labute approximate surface area is 194 Å². The summed E-state index contributed by atoms with van der Waals surface area (Å²) in [6, 6.07) is 21.1. The molecule has 3 rings (SSSR count). The highest BCUT2D eigenvalue weighted by Gasteiger charge is 2.09. The molecule has 6 heteroatoms. The summed E-state index contributed by atoms with van der Waals surface area (Å²) in [5, 5.41) is 3.91. The molecule has 3 nitrogen and oxygen atoms in total. The summed E-state index contributed by atoms with van der Waals surface area (Å²) in [7, 11) is 1.62. The number of nitrogens with one attached hydrogen (secondary N) is 1. The topological polar surface area (TPSA) is 30.5 Å². The Morgan fingerprint density at radius 3 is 2.45 bits per heavy atom. The highest BCUT2D eigenvalue weighted by atomic mass is 35.5. The number of aryl methyl sites for hydroxylation is 1. The molecule has 1 N–H and O–H groups in total. The summed E-state index contributed by atoms with van der Waals surface area (Å²) < 4.78 is 24.5. The molecule has 3 aromatic rings. The maximum atomic E-state index is 13.2. The lowest BCUT2D eigenvalue weighted by atomic mass is 10.1. The molecule has 0 bridgehead atoms. The first kappa shape index (κ1) is 25.0. The molecular weight excluding hydrogens is 436 g/mol. The predicted molar refractivity (Wildman–Crippen MR) is 127 cm³/mol. The van der Waals surface area contributed by atoms with Crippen LogP contribution in [0.2, 0.25) is 5.02 Å². The lowest BCUT2D eigenvalue weighted by Crippen LogP contribution is -2.26. The Morgan fingerprint density at radius 1 is 0.968 bits per heavy atom. The third-order valence-electron chi connectivity index (χ3n) is 4.99. The zero-order valence-corrected chi connectivity index (χ0v) is 19.3. The lowest BCUT2D eigenvalue weighted by molar-refractivity contribution is 0.284. The van der Waals surface area contributed by atoms with Crippen LogP contribution in [0, 0.1) is 5.82 Å². The SMILES string of the molecule is COc1cc(CNC(C)CCc2ccccc2)ccc1OCc1ccc(F)cc1Cl.Cl. The summed E-state index contributed by atoms with van der Waals surface area (Å²) >= 11 is 6.07. The summed E-state index contributed by atoms with van der Waals surface area (Å²) in [5.41, 5.74) is 3.19. The molecule has 31 heavy (non-hydrogen) atoms. The van der Waals surface area contributed by atoms with E-state index in [0.29, 0.717) is 22.6 Å². The van der Waals surface area contributed by atoms with Gasteiger partial charge in [-0.15, -0.1) is 12.4 Å². The van der Waals surface area contributed by atoms with Gasteiger partial charge in [-0.3, -0.25) is 0 Å².